The van der Waals surface area contributed by atoms with E-state index in [1.807, 2.05) is 0 Å². The van der Waals surface area contributed by atoms with Gasteiger partial charge in [0.15, 0.2) is 5.75 Å². The number of halogens is 3. The molecule has 0 saturated heterocycles. The summed E-state index contributed by atoms with van der Waals surface area (Å²) in [5.74, 6) is -0.0762. The fraction of sp³-hybridized carbons (Fsp3) is 0. The van der Waals surface area contributed by atoms with Gasteiger partial charge in [0.05, 0.1) is 21.9 Å². The highest BCUT2D eigenvalue weighted by atomic mass is 35.5. The summed E-state index contributed by atoms with van der Waals surface area (Å²) in [4.78, 5) is 3.83. The maximum Gasteiger partial charge on any atom is 0.153 e. The zero-order chi connectivity index (χ0) is 12.4. The summed E-state index contributed by atoms with van der Waals surface area (Å²) in [5, 5.41) is 0.356. The lowest BCUT2D eigenvalue weighted by Gasteiger charge is -2.09. The number of anilines is 1. The van der Waals surface area contributed by atoms with Crippen molar-refractivity contribution in [2.75, 3.05) is 5.73 Å². The van der Waals surface area contributed by atoms with Gasteiger partial charge in [0.25, 0.3) is 0 Å². The smallest absolute Gasteiger partial charge is 0.153 e. The minimum absolute atomic E-state index is 0.0564. The number of nitrogen functional groups attached to an aromatic ring is 1. The van der Waals surface area contributed by atoms with Gasteiger partial charge < -0.3 is 10.5 Å². The third kappa shape index (κ3) is 2.78. The molecule has 1 aromatic heterocycles. The highest BCUT2D eigenvalue weighted by Gasteiger charge is 2.08. The second-order valence-corrected chi connectivity index (χ2v) is 4.09. The Morgan fingerprint density at radius 3 is 2.65 bits per heavy atom. The molecule has 0 unspecified atom stereocenters. The number of nitrogens with two attached hydrogens (primary N) is 1. The van der Waals surface area contributed by atoms with Gasteiger partial charge in [0, 0.05) is 18.3 Å². The molecule has 88 valence electrons. The van der Waals surface area contributed by atoms with Crippen LogP contribution < -0.4 is 10.5 Å². The first-order valence-corrected chi connectivity index (χ1v) is 5.35. The van der Waals surface area contributed by atoms with Crippen molar-refractivity contribution in [2.24, 2.45) is 0 Å². The van der Waals surface area contributed by atoms with Gasteiger partial charge >= 0.3 is 0 Å². The number of ether oxygens (including phenoxy) is 1. The Bertz CT molecular complexity index is 563. The van der Waals surface area contributed by atoms with Crippen molar-refractivity contribution in [3.8, 4) is 11.5 Å². The molecule has 0 aliphatic carbocycles. The second-order valence-electron chi connectivity index (χ2n) is 3.25. The predicted octanol–water partition coefficient (Wildman–Crippen LogP) is 3.90. The van der Waals surface area contributed by atoms with Crippen LogP contribution in [-0.2, 0) is 0 Å². The second kappa shape index (κ2) is 4.77. The first-order valence-electron chi connectivity index (χ1n) is 4.59. The van der Waals surface area contributed by atoms with Gasteiger partial charge in [0.2, 0.25) is 0 Å². The van der Waals surface area contributed by atoms with Gasteiger partial charge in [-0.2, -0.15) is 0 Å². The molecular formula is C11H7Cl2FN2O. The number of benzene rings is 1. The van der Waals surface area contributed by atoms with Crippen molar-refractivity contribution in [3.05, 3.63) is 46.5 Å². The molecule has 0 atom stereocenters. The molecule has 17 heavy (non-hydrogen) atoms. The molecule has 0 radical (unpaired) electrons. The van der Waals surface area contributed by atoms with Crippen molar-refractivity contribution >= 4 is 28.9 Å². The number of pyridine rings is 1. The van der Waals surface area contributed by atoms with E-state index in [2.05, 4.69) is 4.98 Å². The van der Waals surface area contributed by atoms with Crippen LogP contribution in [0.1, 0.15) is 0 Å². The Morgan fingerprint density at radius 1 is 1.18 bits per heavy atom. The van der Waals surface area contributed by atoms with Gasteiger partial charge in [-0.1, -0.05) is 23.2 Å². The van der Waals surface area contributed by atoms with Crippen LogP contribution in [0.4, 0.5) is 10.1 Å². The summed E-state index contributed by atoms with van der Waals surface area (Å²) in [6, 6.07) is 3.93. The van der Waals surface area contributed by atoms with E-state index in [9.17, 15) is 4.39 Å². The van der Waals surface area contributed by atoms with Crippen LogP contribution in [0.15, 0.2) is 30.6 Å². The average molecular weight is 273 g/mol. The summed E-state index contributed by atoms with van der Waals surface area (Å²) in [5.41, 5.74) is 5.88. The monoisotopic (exact) mass is 272 g/mol. The molecule has 6 heteroatoms. The van der Waals surface area contributed by atoms with Crippen LogP contribution in [0.25, 0.3) is 0 Å². The molecule has 2 rings (SSSR count). The summed E-state index contributed by atoms with van der Waals surface area (Å²) in [6.45, 7) is 0. The molecular weight excluding hydrogens is 266 g/mol. The van der Waals surface area contributed by atoms with Gasteiger partial charge in [-0.25, -0.2) is 4.39 Å². The summed E-state index contributed by atoms with van der Waals surface area (Å²) < 4.78 is 18.6. The van der Waals surface area contributed by atoms with Crippen molar-refractivity contribution < 1.29 is 9.13 Å². The van der Waals surface area contributed by atoms with E-state index in [1.165, 1.54) is 18.5 Å². The number of hydrogen-bond acceptors (Lipinski definition) is 3. The molecule has 0 fully saturated rings. The Balaban J connectivity index is 2.33. The van der Waals surface area contributed by atoms with Gasteiger partial charge in [0.1, 0.15) is 11.6 Å². The SMILES string of the molecule is Nc1cc(Cl)c(F)cc1Oc1cncc(Cl)c1. The standard InChI is InChI=1S/C11H7Cl2FN2O/c12-6-1-7(5-16-4-6)17-11-3-9(14)8(13)2-10(11)15/h1-5H,15H2. The quantitative estimate of drug-likeness (QED) is 0.844. The van der Waals surface area contributed by atoms with Crippen LogP contribution >= 0.6 is 23.2 Å². The fourth-order valence-electron chi connectivity index (χ4n) is 1.21. The number of nitrogens with zero attached hydrogens (tertiary/aromatic N) is 1. The first-order chi connectivity index (χ1) is 8.06. The molecule has 0 aliphatic rings. The van der Waals surface area contributed by atoms with Crippen LogP contribution in [0.5, 0.6) is 11.5 Å². The zero-order valence-corrected chi connectivity index (χ0v) is 9.97. The van der Waals surface area contributed by atoms with E-state index in [1.54, 1.807) is 6.07 Å². The topological polar surface area (TPSA) is 48.1 Å². The Labute approximate surface area is 107 Å². The van der Waals surface area contributed by atoms with Crippen LogP contribution in [0.3, 0.4) is 0 Å². The molecule has 0 aliphatic heterocycles. The molecule has 2 N–H and O–H groups in total. The van der Waals surface area contributed by atoms with Crippen molar-refractivity contribution in [2.45, 2.75) is 0 Å². The van der Waals surface area contributed by atoms with Gasteiger partial charge in [-0.15, -0.1) is 0 Å². The van der Waals surface area contributed by atoms with E-state index in [0.717, 1.165) is 6.07 Å². The lowest BCUT2D eigenvalue weighted by Crippen LogP contribution is -1.94. The lowest BCUT2D eigenvalue weighted by atomic mass is 10.3. The maximum atomic E-state index is 13.2. The first kappa shape index (κ1) is 12.0. The molecule has 1 aromatic carbocycles. The van der Waals surface area contributed by atoms with E-state index in [-0.39, 0.29) is 16.5 Å². The Hall–Kier alpha value is -1.52. The largest absolute Gasteiger partial charge is 0.453 e. The minimum atomic E-state index is -0.606. The normalized spacial score (nSPS) is 10.3. The third-order valence-corrected chi connectivity index (χ3v) is 2.46. The molecule has 0 bridgehead atoms. The predicted molar refractivity (Wildman–Crippen MR) is 65.1 cm³/mol. The van der Waals surface area contributed by atoms with Crippen LogP contribution in [-0.4, -0.2) is 4.98 Å². The molecule has 2 aromatic rings. The van der Waals surface area contributed by atoms with Crippen molar-refractivity contribution in [3.63, 3.8) is 0 Å². The third-order valence-electron chi connectivity index (χ3n) is 1.96. The Kier molecular flexibility index (Phi) is 3.36. The fourth-order valence-corrected chi connectivity index (χ4v) is 1.54. The maximum absolute atomic E-state index is 13.2. The highest BCUT2D eigenvalue weighted by molar-refractivity contribution is 6.31. The molecule has 1 heterocycles. The molecule has 3 nitrogen and oxygen atoms in total. The zero-order valence-electron chi connectivity index (χ0n) is 8.45. The summed E-state index contributed by atoms with van der Waals surface area (Å²) in [7, 11) is 0. The Morgan fingerprint density at radius 2 is 1.94 bits per heavy atom. The van der Waals surface area contributed by atoms with E-state index < -0.39 is 5.82 Å². The number of aromatic nitrogens is 1. The van der Waals surface area contributed by atoms with Gasteiger partial charge in [-0.05, 0) is 6.07 Å². The lowest BCUT2D eigenvalue weighted by molar-refractivity contribution is 0.477. The van der Waals surface area contributed by atoms with Gasteiger partial charge in [-0.3, -0.25) is 4.98 Å². The van der Waals surface area contributed by atoms with Crippen molar-refractivity contribution in [1.82, 2.24) is 4.98 Å². The number of rotatable bonds is 2. The van der Waals surface area contributed by atoms with Crippen LogP contribution in [0.2, 0.25) is 10.0 Å². The van der Waals surface area contributed by atoms with Crippen LogP contribution in [0, 0.1) is 5.82 Å². The van der Waals surface area contributed by atoms with E-state index >= 15 is 0 Å². The molecule has 0 spiro atoms. The minimum Gasteiger partial charge on any atom is -0.453 e. The average Bonchev–Trinajstić information content (AvgIpc) is 2.26. The molecule has 0 saturated carbocycles. The summed E-state index contributed by atoms with van der Waals surface area (Å²) in [6.07, 6.45) is 2.90. The van der Waals surface area contributed by atoms with Crippen molar-refractivity contribution in [1.29, 1.82) is 0 Å². The van der Waals surface area contributed by atoms with E-state index in [0.29, 0.717) is 10.8 Å². The number of hydrogen-bond donors (Lipinski definition) is 1. The molecule has 0 amide bonds. The van der Waals surface area contributed by atoms with E-state index in [4.69, 9.17) is 33.7 Å². The highest BCUT2D eigenvalue weighted by Crippen LogP contribution is 2.32. The summed E-state index contributed by atoms with van der Waals surface area (Å²) >= 11 is 11.3.